The van der Waals surface area contributed by atoms with Crippen LogP contribution in [0.2, 0.25) is 5.02 Å². The van der Waals surface area contributed by atoms with E-state index in [1.165, 1.54) is 18.2 Å². The number of aromatic nitrogens is 1. The summed E-state index contributed by atoms with van der Waals surface area (Å²) in [6.07, 6.45) is 0.688. The molecule has 0 saturated carbocycles. The van der Waals surface area contributed by atoms with Crippen molar-refractivity contribution in [2.75, 3.05) is 5.32 Å². The molecule has 0 atom stereocenters. The number of hydrogen-bond acceptors (Lipinski definition) is 5. The van der Waals surface area contributed by atoms with Crippen molar-refractivity contribution < 1.29 is 9.72 Å². The van der Waals surface area contributed by atoms with Crippen molar-refractivity contribution in [3.63, 3.8) is 0 Å². The largest absolute Gasteiger partial charge is 0.322 e. The quantitative estimate of drug-likeness (QED) is 0.329. The maximum atomic E-state index is 12.5. The second kappa shape index (κ2) is 7.98. The van der Waals surface area contributed by atoms with E-state index >= 15 is 0 Å². The first-order chi connectivity index (χ1) is 14.0. The molecule has 0 bridgehead atoms. The lowest BCUT2D eigenvalue weighted by Crippen LogP contribution is -2.14. The van der Waals surface area contributed by atoms with E-state index in [0.717, 1.165) is 20.8 Å². The van der Waals surface area contributed by atoms with Gasteiger partial charge < -0.3 is 5.32 Å². The number of amides is 1. The van der Waals surface area contributed by atoms with Gasteiger partial charge in [0.2, 0.25) is 0 Å². The average molecular weight is 424 g/mol. The summed E-state index contributed by atoms with van der Waals surface area (Å²) in [6, 6.07) is 19.2. The lowest BCUT2D eigenvalue weighted by molar-refractivity contribution is -0.385. The van der Waals surface area contributed by atoms with Gasteiger partial charge in [-0.25, -0.2) is 4.98 Å². The molecule has 1 aromatic heterocycles. The summed E-state index contributed by atoms with van der Waals surface area (Å²) < 4.78 is 1.15. The Bertz CT molecular complexity index is 1190. The predicted molar refractivity (Wildman–Crippen MR) is 115 cm³/mol. The van der Waals surface area contributed by atoms with Gasteiger partial charge in [-0.3, -0.25) is 14.9 Å². The van der Waals surface area contributed by atoms with Crippen LogP contribution >= 0.6 is 22.9 Å². The highest BCUT2D eigenvalue weighted by Crippen LogP contribution is 2.26. The second-order valence-corrected chi connectivity index (χ2v) is 7.87. The van der Waals surface area contributed by atoms with Crippen molar-refractivity contribution in [2.45, 2.75) is 6.42 Å². The van der Waals surface area contributed by atoms with E-state index in [1.807, 2.05) is 36.4 Å². The van der Waals surface area contributed by atoms with Gasteiger partial charge in [-0.15, -0.1) is 11.3 Å². The molecule has 0 aliphatic rings. The molecule has 0 aliphatic heterocycles. The van der Waals surface area contributed by atoms with Crippen molar-refractivity contribution in [2.24, 2.45) is 0 Å². The summed E-state index contributed by atoms with van der Waals surface area (Å²) >= 11 is 7.54. The summed E-state index contributed by atoms with van der Waals surface area (Å²) in [5.74, 6) is -0.585. The number of hydrogen-bond donors (Lipinski definition) is 1. The Labute approximate surface area is 174 Å². The number of thiazole rings is 1. The number of rotatable bonds is 5. The van der Waals surface area contributed by atoms with Gasteiger partial charge in [0.25, 0.3) is 11.6 Å². The highest BCUT2D eigenvalue weighted by molar-refractivity contribution is 7.18. The molecule has 0 spiro atoms. The number of fused-ring (bicyclic) bond motifs is 1. The topological polar surface area (TPSA) is 85.1 Å². The first-order valence-corrected chi connectivity index (χ1v) is 9.88. The Balaban J connectivity index is 1.49. The zero-order valence-corrected chi connectivity index (χ0v) is 16.5. The van der Waals surface area contributed by atoms with Gasteiger partial charge in [0, 0.05) is 23.2 Å². The molecule has 29 heavy (non-hydrogen) atoms. The maximum Gasteiger partial charge on any atom is 0.282 e. The van der Waals surface area contributed by atoms with Crippen LogP contribution in [0.5, 0.6) is 0 Å². The maximum absolute atomic E-state index is 12.5. The molecule has 3 aromatic carbocycles. The molecule has 0 unspecified atom stereocenters. The number of benzene rings is 3. The molecule has 8 heteroatoms. The van der Waals surface area contributed by atoms with Gasteiger partial charge >= 0.3 is 0 Å². The number of halogens is 1. The number of carbonyl (C=O) groups is 1. The molecular weight excluding hydrogens is 410 g/mol. The molecule has 4 aromatic rings. The summed E-state index contributed by atoms with van der Waals surface area (Å²) in [6.45, 7) is 0. The van der Waals surface area contributed by atoms with Crippen LogP contribution in [0.4, 0.5) is 11.4 Å². The van der Waals surface area contributed by atoms with Crippen molar-refractivity contribution >= 4 is 50.4 Å². The molecule has 0 saturated heterocycles. The van der Waals surface area contributed by atoms with E-state index in [-0.39, 0.29) is 16.3 Å². The van der Waals surface area contributed by atoms with E-state index in [0.29, 0.717) is 12.1 Å². The molecule has 6 nitrogen and oxygen atoms in total. The number of nitrogens with zero attached hydrogens (tertiary/aromatic N) is 2. The van der Waals surface area contributed by atoms with Gasteiger partial charge in [-0.05, 0) is 42.0 Å². The lowest BCUT2D eigenvalue weighted by Gasteiger charge is -2.07. The van der Waals surface area contributed by atoms with E-state index in [4.69, 9.17) is 11.6 Å². The van der Waals surface area contributed by atoms with Crippen LogP contribution in [0, 0.1) is 10.1 Å². The molecule has 0 aliphatic carbocycles. The smallest absolute Gasteiger partial charge is 0.282 e. The highest BCUT2D eigenvalue weighted by atomic mass is 35.5. The predicted octanol–water partition coefficient (Wildman–Crippen LogP) is 5.70. The third-order valence-electron chi connectivity index (χ3n) is 4.31. The molecule has 0 radical (unpaired) electrons. The molecule has 0 fully saturated rings. The minimum Gasteiger partial charge on any atom is -0.322 e. The van der Waals surface area contributed by atoms with Crippen LogP contribution in [0.25, 0.3) is 10.2 Å². The van der Waals surface area contributed by atoms with E-state index in [9.17, 15) is 14.9 Å². The average Bonchev–Trinajstić information content (AvgIpc) is 3.11. The minimum absolute atomic E-state index is 0.0824. The van der Waals surface area contributed by atoms with Crippen LogP contribution in [0.3, 0.4) is 0 Å². The van der Waals surface area contributed by atoms with Gasteiger partial charge in [0.1, 0.15) is 5.56 Å². The molecular formula is C21H14ClN3O3S. The second-order valence-electron chi connectivity index (χ2n) is 6.32. The first-order valence-electron chi connectivity index (χ1n) is 8.68. The summed E-state index contributed by atoms with van der Waals surface area (Å²) in [7, 11) is 0. The molecule has 4 rings (SSSR count). The molecule has 1 amide bonds. The van der Waals surface area contributed by atoms with Gasteiger partial charge in [-0.2, -0.15) is 0 Å². The summed E-state index contributed by atoms with van der Waals surface area (Å²) in [5.41, 5.74) is 2.20. The van der Waals surface area contributed by atoms with Crippen molar-refractivity contribution in [1.82, 2.24) is 4.98 Å². The number of carbonyl (C=O) groups excluding carboxylic acids is 1. The van der Waals surface area contributed by atoms with Crippen LogP contribution in [-0.2, 0) is 6.42 Å². The SMILES string of the molecule is O=C(Nc1ccc(Cc2nc3ccccc3s2)cc1)c1cc(Cl)ccc1[N+](=O)[O-]. The number of nitrogens with one attached hydrogen (secondary N) is 1. The van der Waals surface area contributed by atoms with E-state index in [1.54, 1.807) is 23.5 Å². The minimum atomic E-state index is -0.605. The van der Waals surface area contributed by atoms with Gasteiger partial charge in [0.05, 0.1) is 20.1 Å². The Morgan fingerprint density at radius 2 is 1.86 bits per heavy atom. The van der Waals surface area contributed by atoms with Crippen molar-refractivity contribution in [3.8, 4) is 0 Å². The molecule has 144 valence electrons. The Kier molecular flexibility index (Phi) is 5.24. The first kappa shape index (κ1) is 19.0. The third kappa shape index (κ3) is 4.26. The number of para-hydroxylation sites is 1. The summed E-state index contributed by atoms with van der Waals surface area (Å²) in [4.78, 5) is 27.7. The van der Waals surface area contributed by atoms with Gasteiger partial charge in [-0.1, -0.05) is 35.9 Å². The van der Waals surface area contributed by atoms with E-state index in [2.05, 4.69) is 10.3 Å². The summed E-state index contributed by atoms with van der Waals surface area (Å²) in [5, 5.41) is 15.1. The molecule has 1 heterocycles. The van der Waals surface area contributed by atoms with Crippen molar-refractivity contribution in [1.29, 1.82) is 0 Å². The van der Waals surface area contributed by atoms with Crippen LogP contribution in [0.1, 0.15) is 20.9 Å². The zero-order chi connectivity index (χ0) is 20.4. The van der Waals surface area contributed by atoms with Gasteiger partial charge in [0.15, 0.2) is 0 Å². The highest BCUT2D eigenvalue weighted by Gasteiger charge is 2.20. The lowest BCUT2D eigenvalue weighted by atomic mass is 10.1. The fourth-order valence-electron chi connectivity index (χ4n) is 2.92. The zero-order valence-electron chi connectivity index (χ0n) is 15.0. The van der Waals surface area contributed by atoms with Crippen LogP contribution in [-0.4, -0.2) is 15.8 Å². The standard InChI is InChI=1S/C21H14ClN3O3S/c22-14-7-10-18(25(27)28)16(12-14)21(26)23-15-8-5-13(6-9-15)11-20-24-17-3-1-2-4-19(17)29-20/h1-10,12H,11H2,(H,23,26). The monoisotopic (exact) mass is 423 g/mol. The van der Waals surface area contributed by atoms with Crippen LogP contribution in [0.15, 0.2) is 66.7 Å². The molecule has 1 N–H and O–H groups in total. The number of nitro benzene ring substituents is 1. The van der Waals surface area contributed by atoms with Crippen molar-refractivity contribution in [3.05, 3.63) is 98.0 Å². The Morgan fingerprint density at radius 3 is 2.59 bits per heavy atom. The Morgan fingerprint density at radius 1 is 1.10 bits per heavy atom. The Hall–Kier alpha value is -3.29. The third-order valence-corrected chi connectivity index (χ3v) is 5.58. The normalized spacial score (nSPS) is 10.8. The fourth-order valence-corrected chi connectivity index (χ4v) is 4.10. The van der Waals surface area contributed by atoms with Crippen LogP contribution < -0.4 is 5.32 Å². The van der Waals surface area contributed by atoms with E-state index < -0.39 is 10.8 Å². The number of nitro groups is 1. The number of anilines is 1. The fraction of sp³-hybridized carbons (Fsp3) is 0.0476.